The average molecular weight is 1340 g/mol. The van der Waals surface area contributed by atoms with E-state index < -0.39 is 97.5 Å². The van der Waals surface area contributed by atoms with Crippen LogP contribution in [0.3, 0.4) is 0 Å². The van der Waals surface area contributed by atoms with Gasteiger partial charge in [-0.1, -0.05) is 312 Å². The zero-order valence-electron chi connectivity index (χ0n) is 59.3. The number of phosphoric acid groups is 2. The topological polar surface area (TPSA) is 237 Å². The average Bonchev–Trinajstić information content (AvgIpc) is 3.65. The summed E-state index contributed by atoms with van der Waals surface area (Å²) in [4.78, 5) is 72.5. The minimum atomic E-state index is -4.95. The molecule has 0 saturated heterocycles. The number of phosphoric ester groups is 2. The summed E-state index contributed by atoms with van der Waals surface area (Å²) in [5.74, 6) is 0.208. The highest BCUT2D eigenvalue weighted by Crippen LogP contribution is 2.45. The predicted octanol–water partition coefficient (Wildman–Crippen LogP) is 20.6. The van der Waals surface area contributed by atoms with Crippen molar-refractivity contribution in [3.05, 3.63) is 0 Å². The van der Waals surface area contributed by atoms with Crippen LogP contribution in [-0.4, -0.2) is 96.7 Å². The number of rotatable bonds is 70. The molecule has 0 spiro atoms. The maximum Gasteiger partial charge on any atom is 0.472 e. The van der Waals surface area contributed by atoms with Crippen LogP contribution in [-0.2, 0) is 65.4 Å². The highest BCUT2D eigenvalue weighted by Gasteiger charge is 2.30. The highest BCUT2D eigenvalue weighted by atomic mass is 31.2. The zero-order chi connectivity index (χ0) is 67.3. The number of hydrogen-bond acceptors (Lipinski definition) is 15. The summed E-state index contributed by atoms with van der Waals surface area (Å²) in [5, 5.41) is 10.6. The van der Waals surface area contributed by atoms with E-state index in [-0.39, 0.29) is 25.7 Å². The number of aliphatic hydroxyl groups is 1. The van der Waals surface area contributed by atoms with E-state index in [2.05, 4.69) is 48.5 Å². The van der Waals surface area contributed by atoms with Crippen LogP contribution >= 0.6 is 15.6 Å². The van der Waals surface area contributed by atoms with Gasteiger partial charge in [-0.25, -0.2) is 9.13 Å². The van der Waals surface area contributed by atoms with Crippen molar-refractivity contribution in [3.63, 3.8) is 0 Å². The lowest BCUT2D eigenvalue weighted by atomic mass is 9.99. The van der Waals surface area contributed by atoms with E-state index in [0.717, 1.165) is 120 Å². The fraction of sp³-hybridized carbons (Fsp3) is 0.944. The van der Waals surface area contributed by atoms with E-state index in [4.69, 9.17) is 37.0 Å². The molecule has 0 amide bonds. The lowest BCUT2D eigenvalue weighted by molar-refractivity contribution is -0.161. The smallest absolute Gasteiger partial charge is 0.462 e. The van der Waals surface area contributed by atoms with Crippen molar-refractivity contribution in [3.8, 4) is 0 Å². The van der Waals surface area contributed by atoms with Crippen molar-refractivity contribution in [1.82, 2.24) is 0 Å². The Bertz CT molecular complexity index is 1790. The molecule has 0 aromatic carbocycles. The number of ether oxygens (including phenoxy) is 4. The van der Waals surface area contributed by atoms with Gasteiger partial charge >= 0.3 is 39.5 Å². The lowest BCUT2D eigenvalue weighted by Gasteiger charge is -2.21. The zero-order valence-corrected chi connectivity index (χ0v) is 61.1. The van der Waals surface area contributed by atoms with Crippen LogP contribution in [0, 0.1) is 17.8 Å². The fourth-order valence-electron chi connectivity index (χ4n) is 10.9. The molecule has 0 aliphatic carbocycles. The summed E-state index contributed by atoms with van der Waals surface area (Å²) in [5.41, 5.74) is 0. The third-order valence-corrected chi connectivity index (χ3v) is 18.9. The molecule has 0 bridgehead atoms. The molecule has 0 rings (SSSR count). The van der Waals surface area contributed by atoms with Gasteiger partial charge in [0.1, 0.15) is 19.3 Å². The molecule has 19 heteroatoms. The molecular formula is C72H140O17P2. The van der Waals surface area contributed by atoms with Gasteiger partial charge in [0.2, 0.25) is 0 Å². The molecular weight excluding hydrogens is 1200 g/mol. The summed E-state index contributed by atoms with van der Waals surface area (Å²) < 4.78 is 68.2. The van der Waals surface area contributed by atoms with Crippen LogP contribution < -0.4 is 0 Å². The Morgan fingerprint density at radius 3 is 0.835 bits per heavy atom. The molecule has 0 aliphatic rings. The summed E-state index contributed by atoms with van der Waals surface area (Å²) in [6.45, 7) is 11.8. The van der Waals surface area contributed by atoms with Crippen molar-refractivity contribution in [2.24, 2.45) is 17.8 Å². The number of carbonyl (C=O) groups is 4. The van der Waals surface area contributed by atoms with Gasteiger partial charge in [0.25, 0.3) is 0 Å². The van der Waals surface area contributed by atoms with Gasteiger partial charge < -0.3 is 33.8 Å². The van der Waals surface area contributed by atoms with Gasteiger partial charge in [-0.05, 0) is 43.4 Å². The monoisotopic (exact) mass is 1340 g/mol. The summed E-state index contributed by atoms with van der Waals surface area (Å²) in [7, 11) is -9.90. The van der Waals surface area contributed by atoms with Gasteiger partial charge in [0.15, 0.2) is 12.2 Å². The second kappa shape index (κ2) is 62.8. The molecule has 0 aromatic heterocycles. The van der Waals surface area contributed by atoms with Crippen molar-refractivity contribution in [2.45, 2.75) is 381 Å². The first-order valence-electron chi connectivity index (χ1n) is 37.4. The minimum Gasteiger partial charge on any atom is -0.462 e. The maximum absolute atomic E-state index is 13.0. The molecule has 0 heterocycles. The second-order valence-corrected chi connectivity index (χ2v) is 30.1. The van der Waals surface area contributed by atoms with Crippen LogP contribution in [0.4, 0.5) is 0 Å². The largest absolute Gasteiger partial charge is 0.472 e. The van der Waals surface area contributed by atoms with Gasteiger partial charge in [-0.15, -0.1) is 0 Å². The number of hydrogen-bond donors (Lipinski definition) is 3. The standard InChI is InChI=1S/C72H140O17P2/c1-8-10-11-12-29-39-46-53-69(74)82-59-67(89-72(77)56-49-42-35-28-27-31-37-44-51-64(5)6)61-86-90(78,79)84-57-66(73)58-85-91(80,81)87-62-68(60-83-70(75)54-47-40-33-25-22-21-24-32-38-45-52-65(7)9-2)88-71(76)55-48-41-34-26-20-18-16-14-13-15-17-19-23-30-36-43-50-63(3)4/h63-68,73H,8-62H2,1-7H3,(H,78,79)(H,80,81)/t65?,66-,67+,68+/m0/s1. The van der Waals surface area contributed by atoms with Crippen molar-refractivity contribution in [1.29, 1.82) is 0 Å². The van der Waals surface area contributed by atoms with Gasteiger partial charge in [0, 0.05) is 25.7 Å². The molecule has 91 heavy (non-hydrogen) atoms. The molecule has 3 N–H and O–H groups in total. The molecule has 17 nitrogen and oxygen atoms in total. The van der Waals surface area contributed by atoms with E-state index in [1.54, 1.807) is 0 Å². The van der Waals surface area contributed by atoms with E-state index >= 15 is 0 Å². The first kappa shape index (κ1) is 89.1. The molecule has 0 fully saturated rings. The third-order valence-electron chi connectivity index (χ3n) is 17.0. The molecule has 0 aromatic rings. The van der Waals surface area contributed by atoms with Crippen molar-refractivity contribution >= 4 is 39.5 Å². The van der Waals surface area contributed by atoms with E-state index in [1.807, 2.05) is 0 Å². The van der Waals surface area contributed by atoms with Crippen LogP contribution in [0.15, 0.2) is 0 Å². The SMILES string of the molecule is CCCCCCCCCC(=O)OC[C@H](COP(=O)(O)OC[C@H](O)COP(=O)(O)OC[C@@H](COC(=O)CCCCCCCCCCCCC(C)CC)OC(=O)CCCCCCCCCCCCCCCCCCC(C)C)OC(=O)CCCCCCCCCCC(C)C. The van der Waals surface area contributed by atoms with Crippen molar-refractivity contribution in [2.75, 3.05) is 39.6 Å². The van der Waals surface area contributed by atoms with E-state index in [1.165, 1.54) is 161 Å². The van der Waals surface area contributed by atoms with Gasteiger partial charge in [0.05, 0.1) is 26.4 Å². The Balaban J connectivity index is 5.19. The molecule has 3 unspecified atom stereocenters. The Morgan fingerprint density at radius 2 is 0.560 bits per heavy atom. The molecule has 540 valence electrons. The number of aliphatic hydroxyl groups excluding tert-OH is 1. The first-order valence-corrected chi connectivity index (χ1v) is 40.4. The minimum absolute atomic E-state index is 0.104. The van der Waals surface area contributed by atoms with Crippen LogP contribution in [0.5, 0.6) is 0 Å². The Kier molecular flexibility index (Phi) is 61.5. The first-order chi connectivity index (χ1) is 43.8. The lowest BCUT2D eigenvalue weighted by Crippen LogP contribution is -2.30. The fourth-order valence-corrected chi connectivity index (χ4v) is 12.4. The summed E-state index contributed by atoms with van der Waals surface area (Å²) in [6.07, 6.45) is 47.3. The van der Waals surface area contributed by atoms with Crippen LogP contribution in [0.2, 0.25) is 0 Å². The normalized spacial score (nSPS) is 14.5. The molecule has 0 radical (unpaired) electrons. The Morgan fingerprint density at radius 1 is 0.319 bits per heavy atom. The molecule has 0 saturated carbocycles. The quantitative estimate of drug-likeness (QED) is 0.0222. The molecule has 0 aliphatic heterocycles. The van der Waals surface area contributed by atoms with Gasteiger partial charge in [-0.3, -0.25) is 37.3 Å². The summed E-state index contributed by atoms with van der Waals surface area (Å²) in [6, 6.07) is 0. The number of esters is 4. The highest BCUT2D eigenvalue weighted by molar-refractivity contribution is 7.47. The van der Waals surface area contributed by atoms with Gasteiger partial charge in [-0.2, -0.15) is 0 Å². The summed E-state index contributed by atoms with van der Waals surface area (Å²) >= 11 is 0. The second-order valence-electron chi connectivity index (χ2n) is 27.2. The predicted molar refractivity (Wildman–Crippen MR) is 368 cm³/mol. The van der Waals surface area contributed by atoms with E-state index in [9.17, 15) is 43.2 Å². The third kappa shape index (κ3) is 65.1. The molecule has 6 atom stereocenters. The van der Waals surface area contributed by atoms with E-state index in [0.29, 0.717) is 25.7 Å². The number of unbranched alkanes of at least 4 members (excludes halogenated alkanes) is 37. The Labute approximate surface area is 556 Å². The Hall–Kier alpha value is -1.94. The van der Waals surface area contributed by atoms with Crippen LogP contribution in [0.1, 0.15) is 363 Å². The van der Waals surface area contributed by atoms with Crippen molar-refractivity contribution < 1.29 is 80.2 Å². The number of carbonyl (C=O) groups excluding carboxylic acids is 4. The van der Waals surface area contributed by atoms with Crippen LogP contribution in [0.25, 0.3) is 0 Å². The maximum atomic E-state index is 13.0.